The van der Waals surface area contributed by atoms with Crippen LogP contribution in [0.25, 0.3) is 0 Å². The molecule has 6 heteroatoms. The second-order valence-electron chi connectivity index (χ2n) is 6.94. The van der Waals surface area contributed by atoms with Crippen LogP contribution in [0.4, 0.5) is 0 Å². The van der Waals surface area contributed by atoms with Crippen molar-refractivity contribution < 1.29 is 19.4 Å². The molecule has 1 aromatic rings. The van der Waals surface area contributed by atoms with Gasteiger partial charge in [0.15, 0.2) is 11.5 Å². The molecule has 24 heavy (non-hydrogen) atoms. The Morgan fingerprint density at radius 1 is 1.33 bits per heavy atom. The van der Waals surface area contributed by atoms with E-state index in [4.69, 9.17) is 9.47 Å². The summed E-state index contributed by atoms with van der Waals surface area (Å²) in [4.78, 5) is 15.7. The lowest BCUT2D eigenvalue weighted by atomic mass is 9.89. The molecule has 2 heterocycles. The molecule has 1 N–H and O–H groups in total. The summed E-state index contributed by atoms with van der Waals surface area (Å²) in [5.74, 6) is 1.56. The molecule has 1 amide bonds. The number of ether oxygens (including phenoxy) is 2. The molecule has 132 valence electrons. The number of hydrogen-bond donors (Lipinski definition) is 1. The first-order valence-corrected chi connectivity index (χ1v) is 8.49. The van der Waals surface area contributed by atoms with Gasteiger partial charge in [-0.3, -0.25) is 9.69 Å². The SMILES string of the molecule is CN(C)C(=O)CC1(O)CCCN(Cc2cccc3c2OCCO3)C1. The third-order valence-electron chi connectivity index (χ3n) is 4.66. The molecule has 2 aliphatic rings. The predicted molar refractivity (Wildman–Crippen MR) is 90.2 cm³/mol. The number of fused-ring (bicyclic) bond motifs is 1. The van der Waals surface area contributed by atoms with Gasteiger partial charge in [0.05, 0.1) is 12.0 Å². The normalized spacial score (nSPS) is 23.8. The fourth-order valence-electron chi connectivity index (χ4n) is 3.42. The predicted octanol–water partition coefficient (Wildman–Crippen LogP) is 1.26. The van der Waals surface area contributed by atoms with Crippen molar-refractivity contribution in [3.05, 3.63) is 23.8 Å². The summed E-state index contributed by atoms with van der Waals surface area (Å²) in [5, 5.41) is 10.8. The highest BCUT2D eigenvalue weighted by Crippen LogP contribution is 2.35. The molecule has 0 aliphatic carbocycles. The Morgan fingerprint density at radius 3 is 2.92 bits per heavy atom. The summed E-state index contributed by atoms with van der Waals surface area (Å²) in [6.07, 6.45) is 1.71. The van der Waals surface area contributed by atoms with E-state index in [1.54, 1.807) is 14.1 Å². The minimum atomic E-state index is -0.953. The van der Waals surface area contributed by atoms with E-state index < -0.39 is 5.60 Å². The van der Waals surface area contributed by atoms with Crippen LogP contribution in [0.3, 0.4) is 0 Å². The van der Waals surface area contributed by atoms with Crippen molar-refractivity contribution in [2.45, 2.75) is 31.4 Å². The van der Waals surface area contributed by atoms with Crippen molar-refractivity contribution in [1.29, 1.82) is 0 Å². The molecule has 0 spiro atoms. The Labute approximate surface area is 143 Å². The molecule has 1 fully saturated rings. The van der Waals surface area contributed by atoms with Gasteiger partial charge in [-0.2, -0.15) is 0 Å². The van der Waals surface area contributed by atoms with Gasteiger partial charge in [-0.05, 0) is 25.5 Å². The Balaban J connectivity index is 1.69. The molecule has 6 nitrogen and oxygen atoms in total. The number of likely N-dealkylation sites (tertiary alicyclic amines) is 1. The van der Waals surface area contributed by atoms with Gasteiger partial charge in [0, 0.05) is 32.7 Å². The van der Waals surface area contributed by atoms with E-state index in [0.717, 1.165) is 30.0 Å². The summed E-state index contributed by atoms with van der Waals surface area (Å²) in [7, 11) is 3.44. The molecule has 0 bridgehead atoms. The minimum Gasteiger partial charge on any atom is -0.486 e. The molecule has 0 saturated carbocycles. The van der Waals surface area contributed by atoms with E-state index in [2.05, 4.69) is 4.90 Å². The van der Waals surface area contributed by atoms with Crippen molar-refractivity contribution in [3.8, 4) is 11.5 Å². The van der Waals surface area contributed by atoms with Crippen molar-refractivity contribution in [3.63, 3.8) is 0 Å². The average Bonchev–Trinajstić information content (AvgIpc) is 2.55. The van der Waals surface area contributed by atoms with Gasteiger partial charge >= 0.3 is 0 Å². The molecular weight excluding hydrogens is 308 g/mol. The van der Waals surface area contributed by atoms with Crippen LogP contribution in [0.2, 0.25) is 0 Å². The Morgan fingerprint density at radius 2 is 2.12 bits per heavy atom. The zero-order chi connectivity index (χ0) is 17.2. The molecule has 3 rings (SSSR count). The number of hydrogen-bond acceptors (Lipinski definition) is 5. The van der Waals surface area contributed by atoms with Crippen LogP contribution < -0.4 is 9.47 Å². The summed E-state index contributed by atoms with van der Waals surface area (Å²) in [6, 6.07) is 5.92. The van der Waals surface area contributed by atoms with E-state index >= 15 is 0 Å². The highest BCUT2D eigenvalue weighted by molar-refractivity contribution is 5.76. The number of nitrogens with zero attached hydrogens (tertiary/aromatic N) is 2. The molecule has 2 aliphatic heterocycles. The average molecular weight is 334 g/mol. The lowest BCUT2D eigenvalue weighted by Gasteiger charge is -2.39. The second kappa shape index (κ2) is 6.99. The molecule has 1 unspecified atom stereocenters. The fourth-order valence-corrected chi connectivity index (χ4v) is 3.42. The van der Waals surface area contributed by atoms with E-state index in [0.29, 0.717) is 32.7 Å². The summed E-state index contributed by atoms with van der Waals surface area (Å²) >= 11 is 0. The van der Waals surface area contributed by atoms with Gasteiger partial charge in [0.25, 0.3) is 0 Å². The first-order chi connectivity index (χ1) is 11.5. The van der Waals surface area contributed by atoms with Crippen LogP contribution >= 0.6 is 0 Å². The number of carbonyl (C=O) groups is 1. The first kappa shape index (κ1) is 17.0. The summed E-state index contributed by atoms with van der Waals surface area (Å²) in [6.45, 7) is 3.23. The Bertz CT molecular complexity index is 605. The van der Waals surface area contributed by atoms with Gasteiger partial charge in [-0.1, -0.05) is 12.1 Å². The number of aliphatic hydroxyl groups is 1. The van der Waals surface area contributed by atoms with Crippen molar-refractivity contribution >= 4 is 5.91 Å². The largest absolute Gasteiger partial charge is 0.486 e. The lowest BCUT2D eigenvalue weighted by molar-refractivity contribution is -0.136. The number of benzene rings is 1. The van der Waals surface area contributed by atoms with Crippen LogP contribution in [-0.4, -0.2) is 66.8 Å². The van der Waals surface area contributed by atoms with Crippen molar-refractivity contribution in [1.82, 2.24) is 9.80 Å². The number of piperidine rings is 1. The molecule has 0 aromatic heterocycles. The maximum Gasteiger partial charge on any atom is 0.224 e. The molecule has 0 radical (unpaired) electrons. The number of para-hydroxylation sites is 1. The van der Waals surface area contributed by atoms with Crippen LogP contribution in [0.5, 0.6) is 11.5 Å². The Kier molecular flexibility index (Phi) is 4.96. The smallest absolute Gasteiger partial charge is 0.224 e. The number of amides is 1. The van der Waals surface area contributed by atoms with Crippen LogP contribution in [0, 0.1) is 0 Å². The van der Waals surface area contributed by atoms with E-state index in [-0.39, 0.29) is 12.3 Å². The van der Waals surface area contributed by atoms with Crippen molar-refractivity contribution in [2.75, 3.05) is 40.4 Å². The molecule has 1 aromatic carbocycles. The van der Waals surface area contributed by atoms with Crippen LogP contribution in [-0.2, 0) is 11.3 Å². The van der Waals surface area contributed by atoms with Crippen LogP contribution in [0.1, 0.15) is 24.8 Å². The van der Waals surface area contributed by atoms with Gasteiger partial charge in [-0.15, -0.1) is 0 Å². The van der Waals surface area contributed by atoms with Crippen LogP contribution in [0.15, 0.2) is 18.2 Å². The van der Waals surface area contributed by atoms with E-state index in [1.165, 1.54) is 4.90 Å². The third-order valence-corrected chi connectivity index (χ3v) is 4.66. The molecule has 1 atom stereocenters. The molecule has 1 saturated heterocycles. The zero-order valence-electron chi connectivity index (χ0n) is 14.5. The molecular formula is C18H26N2O4. The number of β-amino-alcohol motifs (C(OH)–C–C–N with tert-alkyl or cyclic N) is 1. The van der Waals surface area contributed by atoms with Crippen molar-refractivity contribution in [2.24, 2.45) is 0 Å². The highest BCUT2D eigenvalue weighted by atomic mass is 16.6. The summed E-state index contributed by atoms with van der Waals surface area (Å²) < 4.78 is 11.4. The van der Waals surface area contributed by atoms with E-state index in [9.17, 15) is 9.90 Å². The topological polar surface area (TPSA) is 62.2 Å². The monoisotopic (exact) mass is 334 g/mol. The Hall–Kier alpha value is -1.79. The number of rotatable bonds is 4. The van der Waals surface area contributed by atoms with Gasteiger partial charge in [-0.25, -0.2) is 0 Å². The quantitative estimate of drug-likeness (QED) is 0.898. The minimum absolute atomic E-state index is 0.0341. The second-order valence-corrected chi connectivity index (χ2v) is 6.94. The first-order valence-electron chi connectivity index (χ1n) is 8.49. The van der Waals surface area contributed by atoms with Gasteiger partial charge in [0.1, 0.15) is 13.2 Å². The lowest BCUT2D eigenvalue weighted by Crippen LogP contribution is -2.50. The van der Waals surface area contributed by atoms with Gasteiger partial charge in [0.2, 0.25) is 5.91 Å². The van der Waals surface area contributed by atoms with E-state index in [1.807, 2.05) is 18.2 Å². The fraction of sp³-hybridized carbons (Fsp3) is 0.611. The van der Waals surface area contributed by atoms with Gasteiger partial charge < -0.3 is 19.5 Å². The third kappa shape index (κ3) is 3.82. The maximum absolute atomic E-state index is 12.0. The zero-order valence-corrected chi connectivity index (χ0v) is 14.5. The standard InChI is InChI=1S/C18H26N2O4/c1-19(2)16(21)11-18(22)7-4-8-20(13-18)12-14-5-3-6-15-17(14)24-10-9-23-15/h3,5-6,22H,4,7-13H2,1-2H3. The number of carbonyl (C=O) groups excluding carboxylic acids is 1. The highest BCUT2D eigenvalue weighted by Gasteiger charge is 2.36. The summed E-state index contributed by atoms with van der Waals surface area (Å²) in [5.41, 5.74) is 0.113. The maximum atomic E-state index is 12.0.